The van der Waals surface area contributed by atoms with Crippen molar-refractivity contribution in [2.24, 2.45) is 17.8 Å². The summed E-state index contributed by atoms with van der Waals surface area (Å²) >= 11 is 0. The van der Waals surface area contributed by atoms with Crippen LogP contribution in [0.15, 0.2) is 0 Å². The molecule has 120 valence electrons. The number of rotatable bonds is 10. The van der Waals surface area contributed by atoms with Gasteiger partial charge in [-0.3, -0.25) is 0 Å². The van der Waals surface area contributed by atoms with Gasteiger partial charge in [-0.1, -0.05) is 66.2 Å². The van der Waals surface area contributed by atoms with Crippen LogP contribution < -0.4 is 5.32 Å². The van der Waals surface area contributed by atoms with E-state index in [1.807, 2.05) is 0 Å². The molecule has 0 aliphatic heterocycles. The van der Waals surface area contributed by atoms with Crippen LogP contribution in [0.1, 0.15) is 91.9 Å². The standard InChI is InChI=1S/C19H39N/c1-5-8-9-17-10-12-18(13-11-17)19(20-14-6-2)15-16(4)7-3/h16-20H,5-15H2,1-4H3. The van der Waals surface area contributed by atoms with Crippen LogP contribution in [-0.4, -0.2) is 12.6 Å². The predicted octanol–water partition coefficient (Wildman–Crippen LogP) is 5.79. The Labute approximate surface area is 128 Å². The summed E-state index contributed by atoms with van der Waals surface area (Å²) in [6.07, 6.45) is 14.2. The average molecular weight is 282 g/mol. The van der Waals surface area contributed by atoms with Crippen LogP contribution in [-0.2, 0) is 0 Å². The normalized spacial score (nSPS) is 26.4. The Morgan fingerprint density at radius 2 is 1.70 bits per heavy atom. The number of nitrogens with one attached hydrogen (secondary N) is 1. The molecule has 0 aromatic carbocycles. The fourth-order valence-corrected chi connectivity index (χ4v) is 3.74. The van der Waals surface area contributed by atoms with E-state index in [1.165, 1.54) is 70.8 Å². The predicted molar refractivity (Wildman–Crippen MR) is 91.1 cm³/mol. The van der Waals surface area contributed by atoms with Gasteiger partial charge in [-0.25, -0.2) is 0 Å². The highest BCUT2D eigenvalue weighted by Crippen LogP contribution is 2.35. The van der Waals surface area contributed by atoms with Crippen molar-refractivity contribution in [3.05, 3.63) is 0 Å². The van der Waals surface area contributed by atoms with E-state index >= 15 is 0 Å². The molecule has 0 bridgehead atoms. The summed E-state index contributed by atoms with van der Waals surface area (Å²) in [5.74, 6) is 2.87. The van der Waals surface area contributed by atoms with Crippen LogP contribution in [0.2, 0.25) is 0 Å². The van der Waals surface area contributed by atoms with Gasteiger partial charge in [0, 0.05) is 6.04 Å². The molecule has 0 amide bonds. The van der Waals surface area contributed by atoms with Gasteiger partial charge in [0.05, 0.1) is 0 Å². The number of hydrogen-bond donors (Lipinski definition) is 1. The van der Waals surface area contributed by atoms with Gasteiger partial charge in [0.1, 0.15) is 0 Å². The van der Waals surface area contributed by atoms with Crippen LogP contribution >= 0.6 is 0 Å². The van der Waals surface area contributed by atoms with Crippen molar-refractivity contribution in [2.75, 3.05) is 6.54 Å². The lowest BCUT2D eigenvalue weighted by Crippen LogP contribution is -2.39. The fraction of sp³-hybridized carbons (Fsp3) is 1.00. The zero-order valence-electron chi connectivity index (χ0n) is 14.6. The monoisotopic (exact) mass is 281 g/mol. The first-order chi connectivity index (χ1) is 9.71. The van der Waals surface area contributed by atoms with E-state index in [0.29, 0.717) is 0 Å². The molecule has 0 aromatic heterocycles. The molecule has 0 radical (unpaired) electrons. The molecule has 0 aromatic rings. The largest absolute Gasteiger partial charge is 0.314 e. The van der Waals surface area contributed by atoms with Crippen molar-refractivity contribution in [1.29, 1.82) is 0 Å². The van der Waals surface area contributed by atoms with Crippen molar-refractivity contribution in [2.45, 2.75) is 97.9 Å². The summed E-state index contributed by atoms with van der Waals surface area (Å²) in [6.45, 7) is 10.6. The third-order valence-electron chi connectivity index (χ3n) is 5.44. The van der Waals surface area contributed by atoms with Gasteiger partial charge in [0.15, 0.2) is 0 Å². The third-order valence-corrected chi connectivity index (χ3v) is 5.44. The van der Waals surface area contributed by atoms with E-state index in [2.05, 4.69) is 33.0 Å². The lowest BCUT2D eigenvalue weighted by Gasteiger charge is -2.35. The molecule has 1 aliphatic rings. The summed E-state index contributed by atoms with van der Waals surface area (Å²) in [4.78, 5) is 0. The van der Waals surface area contributed by atoms with E-state index in [4.69, 9.17) is 0 Å². The molecule has 1 saturated carbocycles. The van der Waals surface area contributed by atoms with Gasteiger partial charge in [-0.15, -0.1) is 0 Å². The van der Waals surface area contributed by atoms with Crippen LogP contribution in [0.25, 0.3) is 0 Å². The topological polar surface area (TPSA) is 12.0 Å². The molecule has 2 unspecified atom stereocenters. The molecule has 0 saturated heterocycles. The van der Waals surface area contributed by atoms with Crippen molar-refractivity contribution >= 4 is 0 Å². The highest BCUT2D eigenvalue weighted by atomic mass is 14.9. The molecule has 1 fully saturated rings. The molecule has 0 heterocycles. The molecule has 1 aliphatic carbocycles. The molecule has 2 atom stereocenters. The summed E-state index contributed by atoms with van der Waals surface area (Å²) in [5.41, 5.74) is 0. The molecule has 0 spiro atoms. The van der Waals surface area contributed by atoms with Crippen LogP contribution in [0, 0.1) is 17.8 Å². The first-order valence-corrected chi connectivity index (χ1v) is 9.44. The van der Waals surface area contributed by atoms with Gasteiger partial charge in [0.25, 0.3) is 0 Å². The van der Waals surface area contributed by atoms with Crippen molar-refractivity contribution in [3.63, 3.8) is 0 Å². The fourth-order valence-electron chi connectivity index (χ4n) is 3.74. The van der Waals surface area contributed by atoms with E-state index in [1.54, 1.807) is 0 Å². The van der Waals surface area contributed by atoms with Gasteiger partial charge in [0.2, 0.25) is 0 Å². The van der Waals surface area contributed by atoms with Crippen LogP contribution in [0.5, 0.6) is 0 Å². The van der Waals surface area contributed by atoms with E-state index in [-0.39, 0.29) is 0 Å². The Balaban J connectivity index is 2.38. The minimum Gasteiger partial charge on any atom is -0.314 e. The van der Waals surface area contributed by atoms with Crippen molar-refractivity contribution in [3.8, 4) is 0 Å². The second-order valence-electron chi connectivity index (χ2n) is 7.23. The van der Waals surface area contributed by atoms with Gasteiger partial charge >= 0.3 is 0 Å². The second kappa shape index (κ2) is 10.7. The first kappa shape index (κ1) is 18.0. The smallest absolute Gasteiger partial charge is 0.00978 e. The second-order valence-corrected chi connectivity index (χ2v) is 7.23. The lowest BCUT2D eigenvalue weighted by atomic mass is 9.75. The number of unbranched alkanes of at least 4 members (excludes halogenated alkanes) is 1. The Hall–Kier alpha value is -0.0400. The lowest BCUT2D eigenvalue weighted by molar-refractivity contribution is 0.193. The summed E-state index contributed by atoms with van der Waals surface area (Å²) < 4.78 is 0. The van der Waals surface area contributed by atoms with Crippen molar-refractivity contribution < 1.29 is 0 Å². The molecule has 1 heteroatoms. The highest BCUT2D eigenvalue weighted by molar-refractivity contribution is 4.83. The molecule has 1 nitrogen and oxygen atoms in total. The van der Waals surface area contributed by atoms with Crippen molar-refractivity contribution in [1.82, 2.24) is 5.32 Å². The molecule has 20 heavy (non-hydrogen) atoms. The zero-order valence-corrected chi connectivity index (χ0v) is 14.6. The Morgan fingerprint density at radius 3 is 2.25 bits per heavy atom. The molecule has 1 rings (SSSR count). The summed E-state index contributed by atoms with van der Waals surface area (Å²) in [5, 5.41) is 3.86. The SMILES string of the molecule is CCCCC1CCC(C(CC(C)CC)NCCC)CC1. The Morgan fingerprint density at radius 1 is 1.00 bits per heavy atom. The molecular weight excluding hydrogens is 242 g/mol. The first-order valence-electron chi connectivity index (χ1n) is 9.44. The molecule has 1 N–H and O–H groups in total. The Kier molecular flexibility index (Phi) is 9.59. The van der Waals surface area contributed by atoms with E-state index < -0.39 is 0 Å². The van der Waals surface area contributed by atoms with Crippen LogP contribution in [0.3, 0.4) is 0 Å². The maximum atomic E-state index is 3.86. The average Bonchev–Trinajstić information content (AvgIpc) is 2.49. The highest BCUT2D eigenvalue weighted by Gasteiger charge is 2.27. The summed E-state index contributed by atoms with van der Waals surface area (Å²) in [6, 6.07) is 0.789. The van der Waals surface area contributed by atoms with Gasteiger partial charge in [-0.2, -0.15) is 0 Å². The third kappa shape index (κ3) is 6.61. The van der Waals surface area contributed by atoms with Gasteiger partial charge in [-0.05, 0) is 50.0 Å². The minimum atomic E-state index is 0.789. The van der Waals surface area contributed by atoms with E-state index in [0.717, 1.165) is 23.8 Å². The summed E-state index contributed by atoms with van der Waals surface area (Å²) in [7, 11) is 0. The minimum absolute atomic E-state index is 0.789. The quantitative estimate of drug-likeness (QED) is 0.534. The molecular formula is C19H39N. The number of hydrogen-bond acceptors (Lipinski definition) is 1. The van der Waals surface area contributed by atoms with Gasteiger partial charge < -0.3 is 5.32 Å². The van der Waals surface area contributed by atoms with E-state index in [9.17, 15) is 0 Å². The maximum absolute atomic E-state index is 3.86. The van der Waals surface area contributed by atoms with Crippen LogP contribution in [0.4, 0.5) is 0 Å². The maximum Gasteiger partial charge on any atom is 0.00978 e. The zero-order chi connectivity index (χ0) is 14.8. The Bertz CT molecular complexity index is 218.